The Bertz CT molecular complexity index is 1720. The van der Waals surface area contributed by atoms with Gasteiger partial charge in [0.25, 0.3) is 11.1 Å². The second-order valence-corrected chi connectivity index (χ2v) is 9.09. The summed E-state index contributed by atoms with van der Waals surface area (Å²) >= 11 is 2.81. The zero-order valence-corrected chi connectivity index (χ0v) is 17.9. The third-order valence-electron chi connectivity index (χ3n) is 5.27. The Hall–Kier alpha value is -3.63. The van der Waals surface area contributed by atoms with Gasteiger partial charge in [-0.3, -0.25) is 23.1 Å². The number of thiophene rings is 2. The molecule has 0 radical (unpaired) electrons. The van der Waals surface area contributed by atoms with Crippen molar-refractivity contribution in [2.45, 2.75) is 6.54 Å². The lowest BCUT2D eigenvalue weighted by atomic mass is 10.2. The Balaban J connectivity index is 1.50. The van der Waals surface area contributed by atoms with Gasteiger partial charge in [0.1, 0.15) is 9.40 Å². The molecule has 6 aromatic rings. The van der Waals surface area contributed by atoms with Gasteiger partial charge in [0.2, 0.25) is 5.78 Å². The van der Waals surface area contributed by atoms with E-state index in [1.807, 2.05) is 52.2 Å². The van der Waals surface area contributed by atoms with E-state index in [-0.39, 0.29) is 17.7 Å². The Morgan fingerprint density at radius 1 is 1.00 bits per heavy atom. The highest BCUT2D eigenvalue weighted by Crippen LogP contribution is 2.30. The molecule has 0 unspecified atom stereocenters. The summed E-state index contributed by atoms with van der Waals surface area (Å²) in [6.45, 7) is 0.199. The van der Waals surface area contributed by atoms with Gasteiger partial charge in [0.05, 0.1) is 23.9 Å². The first kappa shape index (κ1) is 18.2. The molecular formula is C21H14N6O2S2. The number of aryl methyl sites for hydroxylation is 1. The Morgan fingerprint density at radius 2 is 1.84 bits per heavy atom. The molecule has 6 rings (SSSR count). The van der Waals surface area contributed by atoms with Crippen LogP contribution in [0.4, 0.5) is 0 Å². The van der Waals surface area contributed by atoms with E-state index in [9.17, 15) is 9.59 Å². The molecule has 5 aromatic heterocycles. The van der Waals surface area contributed by atoms with Crippen LogP contribution in [0, 0.1) is 0 Å². The lowest BCUT2D eigenvalue weighted by Crippen LogP contribution is -2.22. The first-order valence-electron chi connectivity index (χ1n) is 9.46. The van der Waals surface area contributed by atoms with E-state index < -0.39 is 0 Å². The number of hydrogen-bond acceptors (Lipinski definition) is 7. The largest absolute Gasteiger partial charge is 0.290 e. The zero-order chi connectivity index (χ0) is 21.1. The number of nitrogens with zero attached hydrogens (tertiary/aromatic N) is 6. The number of hydrogen-bond donors (Lipinski definition) is 0. The second-order valence-electron chi connectivity index (χ2n) is 7.12. The monoisotopic (exact) mass is 446 g/mol. The fraction of sp³-hybridized carbons (Fsp3) is 0.0952. The highest BCUT2D eigenvalue weighted by atomic mass is 32.1. The van der Waals surface area contributed by atoms with Crippen LogP contribution in [0.15, 0.2) is 63.8 Å². The van der Waals surface area contributed by atoms with Crippen LogP contribution in [0.2, 0.25) is 0 Å². The fourth-order valence-electron chi connectivity index (χ4n) is 3.71. The average Bonchev–Trinajstić information content (AvgIpc) is 3.53. The molecule has 0 aliphatic rings. The smallest absolute Gasteiger partial charge is 0.272 e. The maximum absolute atomic E-state index is 13.2. The maximum atomic E-state index is 13.2. The normalized spacial score (nSPS) is 11.8. The molecule has 1 aromatic carbocycles. The van der Waals surface area contributed by atoms with Crippen molar-refractivity contribution in [1.82, 2.24) is 28.7 Å². The molecule has 0 saturated heterocycles. The van der Waals surface area contributed by atoms with Crippen molar-refractivity contribution in [3.05, 3.63) is 80.7 Å². The van der Waals surface area contributed by atoms with E-state index in [2.05, 4.69) is 15.2 Å². The predicted octanol–water partition coefficient (Wildman–Crippen LogP) is 3.13. The van der Waals surface area contributed by atoms with Crippen LogP contribution < -0.4 is 11.1 Å². The molecule has 5 heterocycles. The lowest BCUT2D eigenvalue weighted by Gasteiger charge is -2.06. The van der Waals surface area contributed by atoms with Crippen molar-refractivity contribution < 1.29 is 0 Å². The van der Waals surface area contributed by atoms with Crippen molar-refractivity contribution in [2.75, 3.05) is 0 Å². The summed E-state index contributed by atoms with van der Waals surface area (Å²) < 4.78 is 6.07. The van der Waals surface area contributed by atoms with Crippen molar-refractivity contribution >= 4 is 48.9 Å². The molecule has 31 heavy (non-hydrogen) atoms. The third kappa shape index (κ3) is 2.69. The van der Waals surface area contributed by atoms with E-state index in [0.717, 1.165) is 16.0 Å². The summed E-state index contributed by atoms with van der Waals surface area (Å²) in [6.07, 6.45) is 1.54. The average molecular weight is 447 g/mol. The van der Waals surface area contributed by atoms with E-state index in [1.54, 1.807) is 13.4 Å². The maximum Gasteiger partial charge on any atom is 0.272 e. The fourth-order valence-corrected chi connectivity index (χ4v) is 5.63. The Morgan fingerprint density at radius 3 is 2.68 bits per heavy atom. The molecule has 0 bridgehead atoms. The molecule has 8 nitrogen and oxygen atoms in total. The number of aromatic nitrogens is 6. The summed E-state index contributed by atoms with van der Waals surface area (Å²) in [7, 11) is 1.67. The predicted molar refractivity (Wildman–Crippen MR) is 122 cm³/mol. The first-order chi connectivity index (χ1) is 15.1. The van der Waals surface area contributed by atoms with Crippen LogP contribution >= 0.6 is 22.7 Å². The molecule has 0 fully saturated rings. The van der Waals surface area contributed by atoms with Crippen molar-refractivity contribution in [1.29, 1.82) is 0 Å². The first-order valence-corrected chi connectivity index (χ1v) is 11.2. The minimum Gasteiger partial charge on any atom is -0.290 e. The molecule has 0 aliphatic carbocycles. The van der Waals surface area contributed by atoms with Gasteiger partial charge in [-0.05, 0) is 23.1 Å². The molecule has 0 aliphatic heterocycles. The van der Waals surface area contributed by atoms with E-state index in [4.69, 9.17) is 0 Å². The van der Waals surface area contributed by atoms with Gasteiger partial charge in [-0.1, -0.05) is 30.3 Å². The second kappa shape index (κ2) is 6.69. The Kier molecular flexibility index (Phi) is 3.92. The van der Waals surface area contributed by atoms with E-state index in [0.29, 0.717) is 26.5 Å². The minimum atomic E-state index is -0.125. The summed E-state index contributed by atoms with van der Waals surface area (Å²) in [5.74, 6) is 1.01. The lowest BCUT2D eigenvalue weighted by molar-refractivity contribution is 0.702. The highest BCUT2D eigenvalue weighted by molar-refractivity contribution is 7.22. The van der Waals surface area contributed by atoms with Crippen LogP contribution in [0.1, 0.15) is 5.82 Å². The topological polar surface area (TPSA) is 87.1 Å². The molecule has 0 atom stereocenters. The van der Waals surface area contributed by atoms with Crippen LogP contribution in [-0.2, 0) is 13.6 Å². The number of rotatable bonds is 3. The quantitative estimate of drug-likeness (QED) is 0.417. The summed E-state index contributed by atoms with van der Waals surface area (Å²) in [5, 5.41) is 10.3. The summed E-state index contributed by atoms with van der Waals surface area (Å²) in [5.41, 5.74) is 2.25. The number of benzene rings is 1. The van der Waals surface area contributed by atoms with Gasteiger partial charge < -0.3 is 0 Å². The van der Waals surface area contributed by atoms with Crippen molar-refractivity contribution in [3.63, 3.8) is 0 Å². The van der Waals surface area contributed by atoms with Crippen molar-refractivity contribution in [3.8, 4) is 10.4 Å². The SMILES string of the molecule is Cn1c(=O)c2sccc2n2c(Cn3cnc4cc(-c5ccccc5)sc4c3=O)nnc12. The van der Waals surface area contributed by atoms with E-state index in [1.165, 1.54) is 31.8 Å². The van der Waals surface area contributed by atoms with Crippen LogP contribution in [0.3, 0.4) is 0 Å². The molecule has 0 saturated carbocycles. The Labute approximate surface area is 182 Å². The van der Waals surface area contributed by atoms with Gasteiger partial charge in [-0.25, -0.2) is 4.98 Å². The third-order valence-corrected chi connectivity index (χ3v) is 7.32. The molecular weight excluding hydrogens is 432 g/mol. The van der Waals surface area contributed by atoms with Gasteiger partial charge in [0.15, 0.2) is 5.82 Å². The summed E-state index contributed by atoms with van der Waals surface area (Å²) in [6, 6.07) is 13.8. The molecule has 10 heteroatoms. The van der Waals surface area contributed by atoms with Crippen molar-refractivity contribution in [2.24, 2.45) is 7.05 Å². The zero-order valence-electron chi connectivity index (χ0n) is 16.2. The van der Waals surface area contributed by atoms with Gasteiger partial charge in [-0.2, -0.15) is 0 Å². The molecule has 152 valence electrons. The molecule has 0 amide bonds. The number of fused-ring (bicyclic) bond motifs is 4. The summed E-state index contributed by atoms with van der Waals surface area (Å²) in [4.78, 5) is 31.2. The molecule has 0 N–H and O–H groups in total. The van der Waals surface area contributed by atoms with Crippen LogP contribution in [0.5, 0.6) is 0 Å². The molecule has 0 spiro atoms. The van der Waals surface area contributed by atoms with Crippen LogP contribution in [-0.4, -0.2) is 28.7 Å². The standard InChI is InChI=1S/C21H14N6O2S2/c1-25-19(28)18-14(7-8-30-18)27-16(23-24-21(25)27)10-26-11-22-13-9-15(31-17(13)20(26)29)12-5-3-2-4-6-12/h2-9,11H,10H2,1H3. The minimum absolute atomic E-state index is 0.108. The van der Waals surface area contributed by atoms with Gasteiger partial charge >= 0.3 is 0 Å². The van der Waals surface area contributed by atoms with Gasteiger partial charge in [-0.15, -0.1) is 32.9 Å². The van der Waals surface area contributed by atoms with Gasteiger partial charge in [0, 0.05) is 11.9 Å². The van der Waals surface area contributed by atoms with Crippen LogP contribution in [0.25, 0.3) is 36.7 Å². The van der Waals surface area contributed by atoms with E-state index >= 15 is 0 Å². The highest BCUT2D eigenvalue weighted by Gasteiger charge is 2.17.